The average molecular weight is 124 g/mol. The van der Waals surface area contributed by atoms with Gasteiger partial charge in [-0.1, -0.05) is 0 Å². The van der Waals surface area contributed by atoms with Crippen LogP contribution in [0.1, 0.15) is 0 Å². The molecule has 0 unspecified atom stereocenters. The third-order valence-corrected chi connectivity index (χ3v) is 0.858. The van der Waals surface area contributed by atoms with Crippen LogP contribution in [0.2, 0.25) is 0 Å². The van der Waals surface area contributed by atoms with E-state index in [1.54, 1.807) is 0 Å². The normalized spacial score (nSPS) is 8.00. The van der Waals surface area contributed by atoms with Gasteiger partial charge in [0.1, 0.15) is 0 Å². The van der Waals surface area contributed by atoms with E-state index in [2.05, 4.69) is 4.64 Å². The summed E-state index contributed by atoms with van der Waals surface area (Å²) >= 11 is 6.40. The van der Waals surface area contributed by atoms with E-state index in [1.807, 2.05) is 18.4 Å². The summed E-state index contributed by atoms with van der Waals surface area (Å²) in [5, 5.41) is 0. The first-order valence-electron chi connectivity index (χ1n) is 1.47. The van der Waals surface area contributed by atoms with E-state index in [9.17, 15) is 0 Å². The van der Waals surface area contributed by atoms with Crippen LogP contribution in [-0.4, -0.2) is 18.4 Å². The van der Waals surface area contributed by atoms with Gasteiger partial charge in [0.25, 0.3) is 0 Å². The highest BCUT2D eigenvalue weighted by molar-refractivity contribution is 7.86. The van der Waals surface area contributed by atoms with E-state index in [1.165, 1.54) is 11.4 Å². The zero-order valence-electron chi connectivity index (χ0n) is 3.73. The lowest BCUT2D eigenvalue weighted by Crippen LogP contribution is -1.91. The molecule has 0 saturated heterocycles. The van der Waals surface area contributed by atoms with E-state index in [-0.39, 0.29) is 0 Å². The monoisotopic (exact) mass is 123 g/mol. The van der Waals surface area contributed by atoms with Crippen molar-refractivity contribution in [2.75, 3.05) is 14.1 Å². The smallest absolute Gasteiger partial charge is 0.0338 e. The van der Waals surface area contributed by atoms with Gasteiger partial charge in [-0.2, -0.15) is 0 Å². The fraction of sp³-hybridized carbons (Fsp3) is 0.667. The predicted octanol–water partition coefficient (Wildman–Crippen LogP) is 1.35. The first kappa shape index (κ1) is 6.25. The molecule has 0 aliphatic rings. The minimum atomic E-state index is 1.33. The molecule has 3 heteroatoms. The standard InChI is InChI=1S/C3H6ClNS/c1-5(2)6-3-4/h1-2H3. The Balaban J connectivity index is 3.20. The van der Waals surface area contributed by atoms with Gasteiger partial charge in [0, 0.05) is 18.7 Å². The molecular weight excluding hydrogens is 118 g/mol. The van der Waals surface area contributed by atoms with Gasteiger partial charge in [-0.05, 0) is 23.0 Å². The molecule has 0 radical (unpaired) electrons. The summed E-state index contributed by atoms with van der Waals surface area (Å²) in [6.07, 6.45) is 0. The molecule has 0 atom stereocenters. The van der Waals surface area contributed by atoms with Crippen LogP contribution in [-0.2, 0) is 0 Å². The van der Waals surface area contributed by atoms with Crippen molar-refractivity contribution in [2.24, 2.45) is 0 Å². The minimum absolute atomic E-state index is 1.33. The van der Waals surface area contributed by atoms with Crippen LogP contribution in [0.15, 0.2) is 0 Å². The van der Waals surface area contributed by atoms with Gasteiger partial charge in [-0.25, -0.2) is 4.31 Å². The molecule has 0 aliphatic heterocycles. The fourth-order valence-corrected chi connectivity index (χ4v) is 0.621. The van der Waals surface area contributed by atoms with Crippen molar-refractivity contribution in [1.82, 2.24) is 4.31 Å². The molecular formula is C3H6ClNS. The van der Waals surface area contributed by atoms with E-state index >= 15 is 0 Å². The maximum Gasteiger partial charge on any atom is 0.0338 e. The van der Waals surface area contributed by atoms with E-state index < -0.39 is 0 Å². The lowest BCUT2D eigenvalue weighted by molar-refractivity contribution is 0.712. The topological polar surface area (TPSA) is 3.24 Å². The van der Waals surface area contributed by atoms with Gasteiger partial charge in [0.2, 0.25) is 0 Å². The highest BCUT2D eigenvalue weighted by atomic mass is 35.5. The predicted molar refractivity (Wildman–Crippen MR) is 31.0 cm³/mol. The number of nitrogens with zero attached hydrogens (tertiary/aromatic N) is 1. The van der Waals surface area contributed by atoms with Crippen LogP contribution >= 0.6 is 23.0 Å². The summed E-state index contributed by atoms with van der Waals surface area (Å²) < 4.78 is 4.24. The van der Waals surface area contributed by atoms with Crippen molar-refractivity contribution in [3.8, 4) is 4.64 Å². The van der Waals surface area contributed by atoms with Crippen LogP contribution in [0, 0.1) is 4.64 Å². The summed E-state index contributed by atoms with van der Waals surface area (Å²) in [5.41, 5.74) is 0. The van der Waals surface area contributed by atoms with E-state index in [4.69, 9.17) is 11.6 Å². The maximum atomic E-state index is 5.07. The minimum Gasteiger partial charge on any atom is -0.231 e. The second kappa shape index (κ2) is 3.44. The quantitative estimate of drug-likeness (QED) is 0.440. The molecule has 0 aliphatic carbocycles. The van der Waals surface area contributed by atoms with Crippen molar-refractivity contribution in [2.45, 2.75) is 0 Å². The van der Waals surface area contributed by atoms with Gasteiger partial charge in [-0.3, -0.25) is 0 Å². The Bertz CT molecular complexity index is 80.5. The van der Waals surface area contributed by atoms with Gasteiger partial charge in [-0.15, -0.1) is 0 Å². The van der Waals surface area contributed by atoms with E-state index in [0.29, 0.717) is 0 Å². The molecule has 0 N–H and O–H groups in total. The zero-order chi connectivity index (χ0) is 4.99. The van der Waals surface area contributed by atoms with Crippen LogP contribution in [0.4, 0.5) is 0 Å². The van der Waals surface area contributed by atoms with Crippen molar-refractivity contribution in [1.29, 1.82) is 0 Å². The number of hydrogen-bond donors (Lipinski definition) is 0. The van der Waals surface area contributed by atoms with Crippen molar-refractivity contribution in [3.05, 3.63) is 0 Å². The molecule has 6 heavy (non-hydrogen) atoms. The molecule has 0 spiro atoms. The lowest BCUT2D eigenvalue weighted by atomic mass is 11.3. The molecule has 0 bridgehead atoms. The third-order valence-electron chi connectivity index (χ3n) is 0.217. The SMILES string of the molecule is CN(C)S#CCl. The molecule has 36 valence electrons. The van der Waals surface area contributed by atoms with Gasteiger partial charge >= 0.3 is 0 Å². The number of rotatable bonds is 0. The van der Waals surface area contributed by atoms with Crippen molar-refractivity contribution < 1.29 is 0 Å². The molecule has 0 amide bonds. The summed E-state index contributed by atoms with van der Waals surface area (Å²) in [5.74, 6) is 0. The Hall–Kier alpha value is 0.250. The largest absolute Gasteiger partial charge is 0.231 e. The van der Waals surface area contributed by atoms with Crippen LogP contribution in [0.3, 0.4) is 0 Å². The Labute approximate surface area is 46.6 Å². The molecule has 0 saturated carbocycles. The maximum absolute atomic E-state index is 5.07. The third kappa shape index (κ3) is 4.25. The molecule has 0 rings (SSSR count). The molecule has 0 aromatic rings. The summed E-state index contributed by atoms with van der Waals surface area (Å²) in [4.78, 5) is 0. The van der Waals surface area contributed by atoms with Crippen molar-refractivity contribution in [3.63, 3.8) is 0 Å². The Kier molecular flexibility index (Phi) is 3.58. The zero-order valence-corrected chi connectivity index (χ0v) is 5.31. The molecule has 0 heterocycles. The Morgan fingerprint density at radius 3 is 2.17 bits per heavy atom. The fourth-order valence-electron chi connectivity index (χ4n) is 0.0690. The van der Waals surface area contributed by atoms with Gasteiger partial charge < -0.3 is 0 Å². The summed E-state index contributed by atoms with van der Waals surface area (Å²) in [7, 11) is 3.81. The van der Waals surface area contributed by atoms with Crippen LogP contribution < -0.4 is 0 Å². The number of hydrogen-bond acceptors (Lipinski definition) is 1. The summed E-state index contributed by atoms with van der Waals surface area (Å²) in [6, 6.07) is 0. The molecule has 1 nitrogen and oxygen atoms in total. The highest BCUT2D eigenvalue weighted by Crippen LogP contribution is 1.84. The lowest BCUT2D eigenvalue weighted by Gasteiger charge is -1.90. The number of halogens is 1. The first-order valence-corrected chi connectivity index (χ1v) is 2.62. The average Bonchev–Trinajstić information content (AvgIpc) is 1.35. The Morgan fingerprint density at radius 2 is 2.17 bits per heavy atom. The second-order valence-corrected chi connectivity index (χ2v) is 2.51. The van der Waals surface area contributed by atoms with Crippen LogP contribution in [0.25, 0.3) is 0 Å². The summed E-state index contributed by atoms with van der Waals surface area (Å²) in [6.45, 7) is 0. The molecule has 0 fully saturated rings. The molecule has 0 aromatic heterocycles. The Morgan fingerprint density at radius 1 is 1.67 bits per heavy atom. The van der Waals surface area contributed by atoms with Gasteiger partial charge in [0.15, 0.2) is 0 Å². The van der Waals surface area contributed by atoms with Crippen molar-refractivity contribution >= 4 is 23.0 Å². The highest BCUT2D eigenvalue weighted by Gasteiger charge is 1.68. The first-order chi connectivity index (χ1) is 2.77. The van der Waals surface area contributed by atoms with Gasteiger partial charge in [0.05, 0.1) is 0 Å². The second-order valence-electron chi connectivity index (χ2n) is 0.981. The van der Waals surface area contributed by atoms with Crippen LogP contribution in [0.5, 0.6) is 0 Å². The molecule has 0 aromatic carbocycles. The van der Waals surface area contributed by atoms with E-state index in [0.717, 1.165) is 0 Å².